The second-order valence-electron chi connectivity index (χ2n) is 5.43. The zero-order chi connectivity index (χ0) is 13.5. The van der Waals surface area contributed by atoms with E-state index in [0.717, 1.165) is 24.3 Å². The van der Waals surface area contributed by atoms with E-state index in [9.17, 15) is 9.59 Å². The number of carbonyl (C=O) groups excluding carboxylic acids is 2. The van der Waals surface area contributed by atoms with Gasteiger partial charge in [-0.25, -0.2) is 4.98 Å². The van der Waals surface area contributed by atoms with Crippen LogP contribution in [0.4, 0.5) is 0 Å². The van der Waals surface area contributed by atoms with Crippen molar-refractivity contribution in [3.05, 3.63) is 16.6 Å². The first-order valence-corrected chi connectivity index (χ1v) is 7.46. The minimum absolute atomic E-state index is 0.0480. The Morgan fingerprint density at radius 1 is 1.53 bits per heavy atom. The molecule has 0 bridgehead atoms. The number of hydrogen-bond acceptors (Lipinski definition) is 4. The lowest BCUT2D eigenvalue weighted by molar-refractivity contribution is -0.150. The molecule has 1 atom stereocenters. The normalized spacial score (nSPS) is 27.5. The maximum Gasteiger partial charge on any atom is 0.248 e. The maximum atomic E-state index is 12.5. The summed E-state index contributed by atoms with van der Waals surface area (Å²) in [5.41, 5.74) is -0.682. The summed E-state index contributed by atoms with van der Waals surface area (Å²) in [6.45, 7) is 2.61. The summed E-state index contributed by atoms with van der Waals surface area (Å²) in [5, 5.41) is 5.82. The van der Waals surface area contributed by atoms with Crippen LogP contribution in [0.25, 0.3) is 0 Å². The summed E-state index contributed by atoms with van der Waals surface area (Å²) in [7, 11) is 0. The van der Waals surface area contributed by atoms with Crippen LogP contribution in [-0.4, -0.2) is 40.3 Å². The van der Waals surface area contributed by atoms with Gasteiger partial charge in [-0.15, -0.1) is 11.3 Å². The minimum Gasteiger partial charge on any atom is -0.340 e. The van der Waals surface area contributed by atoms with Crippen molar-refractivity contribution in [2.24, 2.45) is 5.92 Å². The molecular formula is C13H17N3O2S. The van der Waals surface area contributed by atoms with Gasteiger partial charge in [0.2, 0.25) is 11.8 Å². The summed E-state index contributed by atoms with van der Waals surface area (Å²) in [6.07, 6.45) is 4.54. The van der Waals surface area contributed by atoms with E-state index in [1.54, 1.807) is 22.4 Å². The second kappa shape index (κ2) is 4.59. The third-order valence-corrected chi connectivity index (χ3v) is 4.78. The van der Waals surface area contributed by atoms with Crippen molar-refractivity contribution in [3.63, 3.8) is 0 Å². The van der Waals surface area contributed by atoms with E-state index < -0.39 is 5.54 Å². The lowest BCUT2D eigenvalue weighted by atomic mass is 9.91. The van der Waals surface area contributed by atoms with E-state index in [1.165, 1.54) is 0 Å². The molecule has 5 nitrogen and oxygen atoms in total. The molecule has 1 N–H and O–H groups in total. The summed E-state index contributed by atoms with van der Waals surface area (Å²) in [5.74, 6) is 0.325. The molecule has 1 saturated heterocycles. The van der Waals surface area contributed by atoms with E-state index >= 15 is 0 Å². The Balaban J connectivity index is 1.69. The number of aromatic nitrogens is 1. The average molecular weight is 279 g/mol. The van der Waals surface area contributed by atoms with Crippen LogP contribution < -0.4 is 5.32 Å². The quantitative estimate of drug-likeness (QED) is 0.887. The fraction of sp³-hybridized carbons (Fsp3) is 0.615. The third-order valence-electron chi connectivity index (χ3n) is 3.94. The smallest absolute Gasteiger partial charge is 0.248 e. The zero-order valence-electron chi connectivity index (χ0n) is 10.9. The van der Waals surface area contributed by atoms with Crippen LogP contribution >= 0.6 is 11.3 Å². The van der Waals surface area contributed by atoms with Crippen LogP contribution in [0.1, 0.15) is 24.8 Å². The number of nitrogens with zero attached hydrogens (tertiary/aromatic N) is 2. The van der Waals surface area contributed by atoms with E-state index in [-0.39, 0.29) is 18.4 Å². The molecule has 6 heteroatoms. The lowest BCUT2D eigenvalue weighted by Crippen LogP contribution is -2.66. The predicted molar refractivity (Wildman–Crippen MR) is 71.7 cm³/mol. The number of piperazine rings is 1. The summed E-state index contributed by atoms with van der Waals surface area (Å²) in [6, 6.07) is 0. The first kappa shape index (κ1) is 12.6. The molecule has 2 amide bonds. The molecule has 0 radical (unpaired) electrons. The number of thiazole rings is 1. The molecule has 2 aliphatic rings. The van der Waals surface area contributed by atoms with Gasteiger partial charge >= 0.3 is 0 Å². The van der Waals surface area contributed by atoms with Gasteiger partial charge in [-0.3, -0.25) is 9.59 Å². The number of carbonyl (C=O) groups is 2. The van der Waals surface area contributed by atoms with Crippen molar-refractivity contribution in [2.45, 2.75) is 31.7 Å². The minimum atomic E-state index is -0.682. The van der Waals surface area contributed by atoms with Gasteiger partial charge in [0.05, 0.1) is 11.6 Å². The van der Waals surface area contributed by atoms with Crippen molar-refractivity contribution in [1.82, 2.24) is 15.2 Å². The molecule has 2 fully saturated rings. The van der Waals surface area contributed by atoms with Gasteiger partial charge in [-0.1, -0.05) is 0 Å². The first-order valence-electron chi connectivity index (χ1n) is 6.58. The Morgan fingerprint density at radius 3 is 2.95 bits per heavy atom. The zero-order valence-corrected chi connectivity index (χ0v) is 11.7. The summed E-state index contributed by atoms with van der Waals surface area (Å²) >= 11 is 1.58. The van der Waals surface area contributed by atoms with Crippen molar-refractivity contribution in [1.29, 1.82) is 0 Å². The molecular weight excluding hydrogens is 262 g/mol. The van der Waals surface area contributed by atoms with Crippen LogP contribution in [0.3, 0.4) is 0 Å². The highest BCUT2D eigenvalue weighted by Crippen LogP contribution is 2.41. The highest BCUT2D eigenvalue weighted by Gasteiger charge is 2.52. The Morgan fingerprint density at radius 2 is 2.32 bits per heavy atom. The SMILES string of the molecule is CC1(C2CC2)NC(=O)CN(CCc2nccs2)C1=O. The van der Waals surface area contributed by atoms with Gasteiger partial charge in [0.1, 0.15) is 5.54 Å². The van der Waals surface area contributed by atoms with Gasteiger partial charge in [-0.2, -0.15) is 0 Å². The highest BCUT2D eigenvalue weighted by atomic mass is 32.1. The van der Waals surface area contributed by atoms with Gasteiger partial charge in [0, 0.05) is 24.5 Å². The van der Waals surface area contributed by atoms with E-state index in [4.69, 9.17) is 0 Å². The Kier molecular flexibility index (Phi) is 3.05. The van der Waals surface area contributed by atoms with Crippen molar-refractivity contribution >= 4 is 23.2 Å². The molecule has 3 rings (SSSR count). The van der Waals surface area contributed by atoms with Crippen molar-refractivity contribution in [3.8, 4) is 0 Å². The van der Waals surface area contributed by atoms with Crippen LogP contribution in [0.15, 0.2) is 11.6 Å². The Bertz CT molecular complexity index is 498. The van der Waals surface area contributed by atoms with Crippen molar-refractivity contribution < 1.29 is 9.59 Å². The topological polar surface area (TPSA) is 62.3 Å². The predicted octanol–water partition coefficient (Wildman–Crippen LogP) is 0.813. The van der Waals surface area contributed by atoms with Crippen molar-refractivity contribution in [2.75, 3.05) is 13.1 Å². The number of hydrogen-bond donors (Lipinski definition) is 1. The van der Waals surface area contributed by atoms with Gasteiger partial charge in [0.15, 0.2) is 0 Å². The largest absolute Gasteiger partial charge is 0.340 e. The molecule has 1 aliphatic heterocycles. The molecule has 1 aromatic rings. The Hall–Kier alpha value is -1.43. The number of amides is 2. The maximum absolute atomic E-state index is 12.5. The average Bonchev–Trinajstić information content (AvgIpc) is 3.11. The molecule has 2 heterocycles. The fourth-order valence-electron chi connectivity index (χ4n) is 2.68. The van der Waals surface area contributed by atoms with E-state index in [0.29, 0.717) is 12.5 Å². The molecule has 1 saturated carbocycles. The fourth-order valence-corrected chi connectivity index (χ4v) is 3.29. The highest BCUT2D eigenvalue weighted by molar-refractivity contribution is 7.09. The van der Waals surface area contributed by atoms with Crippen LogP contribution in [0, 0.1) is 5.92 Å². The van der Waals surface area contributed by atoms with Gasteiger partial charge < -0.3 is 10.2 Å². The Labute approximate surface area is 116 Å². The van der Waals surface area contributed by atoms with Crippen LogP contribution in [0.2, 0.25) is 0 Å². The molecule has 1 unspecified atom stereocenters. The third kappa shape index (κ3) is 2.36. The first-order chi connectivity index (χ1) is 9.09. The number of nitrogens with one attached hydrogen (secondary N) is 1. The van der Waals surface area contributed by atoms with Crippen LogP contribution in [0.5, 0.6) is 0 Å². The summed E-state index contributed by atoms with van der Waals surface area (Å²) in [4.78, 5) is 30.2. The molecule has 0 spiro atoms. The molecule has 102 valence electrons. The lowest BCUT2D eigenvalue weighted by Gasteiger charge is -2.40. The molecule has 0 aromatic carbocycles. The molecule has 19 heavy (non-hydrogen) atoms. The van der Waals surface area contributed by atoms with Gasteiger partial charge in [-0.05, 0) is 25.7 Å². The van der Waals surface area contributed by atoms with Crippen LogP contribution in [-0.2, 0) is 16.0 Å². The monoisotopic (exact) mass is 279 g/mol. The van der Waals surface area contributed by atoms with E-state index in [1.807, 2.05) is 12.3 Å². The van der Waals surface area contributed by atoms with E-state index in [2.05, 4.69) is 10.3 Å². The standard InChI is InChI=1S/C13H17N3O2S/c1-13(9-2-3-9)12(18)16(8-10(17)15-13)6-4-11-14-5-7-19-11/h5,7,9H,2-4,6,8H2,1H3,(H,15,17). The van der Waals surface area contributed by atoms with Gasteiger partial charge in [0.25, 0.3) is 0 Å². The summed E-state index contributed by atoms with van der Waals surface area (Å²) < 4.78 is 0. The molecule has 1 aromatic heterocycles. The number of rotatable bonds is 4. The molecule has 1 aliphatic carbocycles. The second-order valence-corrected chi connectivity index (χ2v) is 6.41.